The molecule has 0 aliphatic rings. The van der Waals surface area contributed by atoms with Crippen molar-refractivity contribution < 1.29 is 0 Å². The normalized spacial score (nSPS) is 10.2. The van der Waals surface area contributed by atoms with Crippen LogP contribution in [0.4, 0.5) is 0 Å². The Labute approximate surface area is 62.4 Å². The third-order valence-electron chi connectivity index (χ3n) is 1.54. The molecule has 54 valence electrons. The molecule has 0 unspecified atom stereocenters. The number of para-hydroxylation sites is 1. The zero-order valence-electron chi connectivity index (χ0n) is 5.64. The first kappa shape index (κ1) is 6.03. The summed E-state index contributed by atoms with van der Waals surface area (Å²) in [5.74, 6) is 0. The van der Waals surface area contributed by atoms with Crippen molar-refractivity contribution in [2.45, 2.75) is 0 Å². The van der Waals surface area contributed by atoms with Crippen molar-refractivity contribution in [1.29, 1.82) is 0 Å². The van der Waals surface area contributed by atoms with Crippen LogP contribution in [0.25, 0.3) is 10.9 Å². The van der Waals surface area contributed by atoms with Crippen LogP contribution < -0.4 is 0 Å². The van der Waals surface area contributed by atoms with Gasteiger partial charge in [-0.25, -0.2) is 0 Å². The van der Waals surface area contributed by atoms with Crippen LogP contribution in [0.5, 0.6) is 0 Å². The first-order valence-corrected chi connectivity index (χ1v) is 3.18. The van der Waals surface area contributed by atoms with Gasteiger partial charge in [0.15, 0.2) is 0 Å². The molecule has 0 spiro atoms. The minimum Gasteiger partial charge on any atom is -0.155 e. The molecule has 0 amide bonds. The molecule has 0 N–H and O–H groups in total. The lowest BCUT2D eigenvalue weighted by Crippen LogP contribution is -1.86. The van der Waals surface area contributed by atoms with Crippen molar-refractivity contribution in [3.63, 3.8) is 0 Å². The van der Waals surface area contributed by atoms with E-state index in [1.807, 2.05) is 18.2 Å². The summed E-state index contributed by atoms with van der Waals surface area (Å²) in [5, 5.41) is 7.39. The lowest BCUT2D eigenvalue weighted by Gasteiger charge is -1.87. The molecule has 11 heavy (non-hydrogen) atoms. The summed E-state index contributed by atoms with van der Waals surface area (Å²) in [4.78, 5) is 11.2. The van der Waals surface area contributed by atoms with Crippen LogP contribution in [-0.2, 0) is 0 Å². The first-order chi connectivity index (χ1) is 5.42. The lowest BCUT2D eigenvalue weighted by molar-refractivity contribution is 0.761. The minimum atomic E-state index is 0.738. The molecule has 0 saturated carbocycles. The fraction of sp³-hybridized carbons (Fsp3) is 0. The van der Waals surface area contributed by atoms with Gasteiger partial charge in [0.05, 0.1) is 17.0 Å². The number of nitrogens with zero attached hydrogens (tertiary/aromatic N) is 3. The Morgan fingerprint density at radius 2 is 2.18 bits per heavy atom. The number of nitroso groups, excluding NO2 is 1. The molecule has 0 aliphatic carbocycles. The highest BCUT2D eigenvalue weighted by molar-refractivity contribution is 5.78. The highest BCUT2D eigenvalue weighted by Crippen LogP contribution is 2.11. The molecule has 2 aromatic rings. The highest BCUT2D eigenvalue weighted by atomic mass is 16.3. The van der Waals surface area contributed by atoms with E-state index in [0.29, 0.717) is 0 Å². The van der Waals surface area contributed by atoms with Crippen molar-refractivity contribution in [2.24, 2.45) is 5.29 Å². The Hall–Kier alpha value is -1.71. The maximum atomic E-state index is 10.1. The Kier molecular flexibility index (Phi) is 1.18. The van der Waals surface area contributed by atoms with Crippen LogP contribution in [0.1, 0.15) is 0 Å². The SMILES string of the molecule is O=Nn1ncc2ccccc21. The smallest absolute Gasteiger partial charge is 0.0978 e. The van der Waals surface area contributed by atoms with Gasteiger partial charge >= 0.3 is 0 Å². The van der Waals surface area contributed by atoms with E-state index in [1.54, 1.807) is 12.3 Å². The summed E-state index contributed by atoms with van der Waals surface area (Å²) in [5.41, 5.74) is 0.738. The molecular weight excluding hydrogens is 142 g/mol. The summed E-state index contributed by atoms with van der Waals surface area (Å²) >= 11 is 0. The zero-order chi connectivity index (χ0) is 7.68. The summed E-state index contributed by atoms with van der Waals surface area (Å²) in [6, 6.07) is 7.40. The summed E-state index contributed by atoms with van der Waals surface area (Å²) < 4.78 is 0. The number of benzene rings is 1. The van der Waals surface area contributed by atoms with Crippen molar-refractivity contribution in [3.05, 3.63) is 35.4 Å². The van der Waals surface area contributed by atoms with Gasteiger partial charge in [-0.15, -0.1) is 9.70 Å². The predicted molar refractivity (Wildman–Crippen MR) is 40.9 cm³/mol. The van der Waals surface area contributed by atoms with E-state index in [9.17, 15) is 4.91 Å². The van der Waals surface area contributed by atoms with E-state index in [-0.39, 0.29) is 0 Å². The van der Waals surface area contributed by atoms with Gasteiger partial charge < -0.3 is 0 Å². The van der Waals surface area contributed by atoms with Crippen LogP contribution in [0.3, 0.4) is 0 Å². The molecule has 0 saturated heterocycles. The monoisotopic (exact) mass is 147 g/mol. The number of fused-ring (bicyclic) bond motifs is 1. The second-order valence-electron chi connectivity index (χ2n) is 2.17. The van der Waals surface area contributed by atoms with Crippen molar-refractivity contribution in [3.8, 4) is 0 Å². The lowest BCUT2D eigenvalue weighted by atomic mass is 10.3. The van der Waals surface area contributed by atoms with Crippen LogP contribution >= 0.6 is 0 Å². The van der Waals surface area contributed by atoms with Gasteiger partial charge in [0.2, 0.25) is 0 Å². The second kappa shape index (κ2) is 2.16. The number of hydrogen-bond acceptors (Lipinski definition) is 3. The summed E-state index contributed by atoms with van der Waals surface area (Å²) in [7, 11) is 0. The Balaban J connectivity index is 2.86. The van der Waals surface area contributed by atoms with Crippen molar-refractivity contribution in [2.75, 3.05) is 0 Å². The standard InChI is InChI=1S/C7H5N3O/c11-9-10-7-4-2-1-3-6(7)5-8-10/h1-5H. The summed E-state index contributed by atoms with van der Waals surface area (Å²) in [6.45, 7) is 0. The molecule has 0 atom stereocenters. The third-order valence-corrected chi connectivity index (χ3v) is 1.54. The van der Waals surface area contributed by atoms with Crippen LogP contribution in [0.2, 0.25) is 0 Å². The minimum absolute atomic E-state index is 0.738. The fourth-order valence-corrected chi connectivity index (χ4v) is 1.02. The molecule has 1 aromatic heterocycles. The third kappa shape index (κ3) is 0.797. The maximum absolute atomic E-state index is 10.1. The average Bonchev–Trinajstić information content (AvgIpc) is 2.47. The molecule has 1 heterocycles. The van der Waals surface area contributed by atoms with Crippen LogP contribution in [0, 0.1) is 4.91 Å². The average molecular weight is 147 g/mol. The van der Waals surface area contributed by atoms with Crippen molar-refractivity contribution >= 4 is 10.9 Å². The van der Waals surface area contributed by atoms with Gasteiger partial charge in [-0.3, -0.25) is 0 Å². The molecule has 0 bridgehead atoms. The number of aromatic nitrogens is 2. The second-order valence-corrected chi connectivity index (χ2v) is 2.17. The molecule has 0 radical (unpaired) electrons. The summed E-state index contributed by atoms with van der Waals surface area (Å²) in [6.07, 6.45) is 1.61. The zero-order valence-corrected chi connectivity index (χ0v) is 5.64. The number of rotatable bonds is 1. The van der Waals surface area contributed by atoms with E-state index in [0.717, 1.165) is 15.7 Å². The number of hydrogen-bond donors (Lipinski definition) is 0. The quantitative estimate of drug-likeness (QED) is 0.574. The van der Waals surface area contributed by atoms with Gasteiger partial charge in [0, 0.05) is 5.39 Å². The van der Waals surface area contributed by atoms with E-state index < -0.39 is 0 Å². The topological polar surface area (TPSA) is 47.2 Å². The first-order valence-electron chi connectivity index (χ1n) is 3.18. The highest BCUT2D eigenvalue weighted by Gasteiger charge is 1.98. The molecule has 1 aromatic carbocycles. The molecule has 4 nitrogen and oxygen atoms in total. The molecule has 4 heteroatoms. The van der Waals surface area contributed by atoms with E-state index in [4.69, 9.17) is 0 Å². The van der Waals surface area contributed by atoms with E-state index in [2.05, 4.69) is 10.4 Å². The molecule has 0 fully saturated rings. The van der Waals surface area contributed by atoms with Gasteiger partial charge in [0.25, 0.3) is 0 Å². The Morgan fingerprint density at radius 3 is 3.00 bits per heavy atom. The molecule has 0 aliphatic heterocycles. The Morgan fingerprint density at radius 1 is 1.36 bits per heavy atom. The van der Waals surface area contributed by atoms with E-state index >= 15 is 0 Å². The van der Waals surface area contributed by atoms with Crippen LogP contribution in [0.15, 0.2) is 35.7 Å². The fourth-order valence-electron chi connectivity index (χ4n) is 1.02. The van der Waals surface area contributed by atoms with E-state index in [1.165, 1.54) is 0 Å². The van der Waals surface area contributed by atoms with Crippen LogP contribution in [-0.4, -0.2) is 9.89 Å². The van der Waals surface area contributed by atoms with Gasteiger partial charge in [-0.2, -0.15) is 5.10 Å². The molecular formula is C7H5N3O. The van der Waals surface area contributed by atoms with Gasteiger partial charge in [-0.1, -0.05) is 18.2 Å². The van der Waals surface area contributed by atoms with Gasteiger partial charge in [-0.05, 0) is 6.07 Å². The molecule has 2 rings (SSSR count). The van der Waals surface area contributed by atoms with Crippen molar-refractivity contribution in [1.82, 2.24) is 9.89 Å². The predicted octanol–water partition coefficient (Wildman–Crippen LogP) is 1.57. The largest absolute Gasteiger partial charge is 0.155 e. The maximum Gasteiger partial charge on any atom is 0.0978 e. The van der Waals surface area contributed by atoms with Gasteiger partial charge in [0.1, 0.15) is 0 Å². The Bertz CT molecular complexity index is 393.